The van der Waals surface area contributed by atoms with Gasteiger partial charge in [-0.2, -0.15) is 0 Å². The lowest BCUT2D eigenvalue weighted by Gasteiger charge is -2.33. The second kappa shape index (κ2) is 12.0. The van der Waals surface area contributed by atoms with E-state index in [-0.39, 0.29) is 18.7 Å². The number of sulfonamides is 1. The van der Waals surface area contributed by atoms with Crippen molar-refractivity contribution < 1.29 is 22.4 Å². The van der Waals surface area contributed by atoms with Crippen LogP contribution in [0.5, 0.6) is 0 Å². The van der Waals surface area contributed by atoms with Crippen LogP contribution in [-0.4, -0.2) is 51.0 Å². The van der Waals surface area contributed by atoms with Crippen molar-refractivity contribution in [2.75, 3.05) is 24.2 Å². The Kier molecular flexibility index (Phi) is 9.06. The zero-order valence-electron chi connectivity index (χ0n) is 19.9. The van der Waals surface area contributed by atoms with Crippen LogP contribution in [0.3, 0.4) is 0 Å². The third kappa shape index (κ3) is 7.05. The lowest BCUT2D eigenvalue weighted by atomic mass is 10.0. The van der Waals surface area contributed by atoms with Gasteiger partial charge in [-0.15, -0.1) is 0 Å². The first kappa shape index (κ1) is 27.2. The van der Waals surface area contributed by atoms with Gasteiger partial charge in [0.2, 0.25) is 21.8 Å². The second-order valence-corrected chi connectivity index (χ2v) is 10.5. The van der Waals surface area contributed by atoms with Crippen molar-refractivity contribution in [2.24, 2.45) is 0 Å². The van der Waals surface area contributed by atoms with E-state index in [9.17, 15) is 22.4 Å². The van der Waals surface area contributed by atoms with E-state index in [2.05, 4.69) is 5.32 Å². The number of anilines is 1. The lowest BCUT2D eigenvalue weighted by Crippen LogP contribution is -2.53. The van der Waals surface area contributed by atoms with Gasteiger partial charge in [0.05, 0.1) is 11.9 Å². The van der Waals surface area contributed by atoms with E-state index in [1.54, 1.807) is 24.3 Å². The number of hydrogen-bond donors (Lipinski definition) is 1. The molecule has 0 spiro atoms. The predicted molar refractivity (Wildman–Crippen MR) is 139 cm³/mol. The van der Waals surface area contributed by atoms with Gasteiger partial charge in [0.1, 0.15) is 18.4 Å². The Labute approximate surface area is 215 Å². The second-order valence-electron chi connectivity index (χ2n) is 8.19. The molecule has 3 aromatic carbocycles. The first-order chi connectivity index (χ1) is 17.1. The van der Waals surface area contributed by atoms with Gasteiger partial charge in [-0.25, -0.2) is 12.8 Å². The van der Waals surface area contributed by atoms with Crippen LogP contribution in [0.15, 0.2) is 78.9 Å². The number of hydrogen-bond acceptors (Lipinski definition) is 4. The van der Waals surface area contributed by atoms with Crippen LogP contribution < -0.4 is 9.62 Å². The molecule has 36 heavy (non-hydrogen) atoms. The molecule has 0 heterocycles. The zero-order chi connectivity index (χ0) is 26.3. The number of carbonyl (C=O) groups is 2. The van der Waals surface area contributed by atoms with Crippen molar-refractivity contribution >= 4 is 39.1 Å². The Morgan fingerprint density at radius 2 is 1.56 bits per heavy atom. The Morgan fingerprint density at radius 3 is 2.14 bits per heavy atom. The molecule has 0 bridgehead atoms. The van der Waals surface area contributed by atoms with Crippen molar-refractivity contribution in [2.45, 2.75) is 19.0 Å². The van der Waals surface area contributed by atoms with Crippen molar-refractivity contribution in [3.8, 4) is 0 Å². The molecule has 0 aliphatic carbocycles. The predicted octanol–water partition coefficient (Wildman–Crippen LogP) is 3.63. The molecule has 3 rings (SSSR count). The largest absolute Gasteiger partial charge is 0.357 e. The van der Waals surface area contributed by atoms with Crippen LogP contribution in [0.25, 0.3) is 0 Å². The minimum Gasteiger partial charge on any atom is -0.357 e. The molecule has 7 nitrogen and oxygen atoms in total. The molecule has 10 heteroatoms. The Morgan fingerprint density at radius 1 is 0.944 bits per heavy atom. The highest BCUT2D eigenvalue weighted by molar-refractivity contribution is 7.92. The molecule has 190 valence electrons. The van der Waals surface area contributed by atoms with E-state index < -0.39 is 40.2 Å². The molecule has 0 radical (unpaired) electrons. The standard InChI is InChI=1S/C26H27ClFN3O4S/c1-29-26(33)24(16-19-8-4-3-5-9-19)30(17-20-12-14-21(27)15-13-20)25(32)18-31(36(2,34)35)23-11-7-6-10-22(23)28/h3-15,24H,16-18H2,1-2H3,(H,29,33). The van der Waals surface area contributed by atoms with Crippen LogP contribution in [0.1, 0.15) is 11.1 Å². The highest BCUT2D eigenvalue weighted by Gasteiger charge is 2.33. The molecule has 0 fully saturated rings. The molecule has 0 aromatic heterocycles. The summed E-state index contributed by atoms with van der Waals surface area (Å²) < 4.78 is 40.4. The molecular weight excluding hydrogens is 505 g/mol. The average Bonchev–Trinajstić information content (AvgIpc) is 2.85. The number of rotatable bonds is 10. The monoisotopic (exact) mass is 531 g/mol. The highest BCUT2D eigenvalue weighted by Crippen LogP contribution is 2.23. The van der Waals surface area contributed by atoms with Gasteiger partial charge in [0.25, 0.3) is 0 Å². The highest BCUT2D eigenvalue weighted by atomic mass is 35.5. The molecule has 2 amide bonds. The average molecular weight is 532 g/mol. The first-order valence-corrected chi connectivity index (χ1v) is 13.3. The molecule has 0 saturated heterocycles. The van der Waals surface area contributed by atoms with Gasteiger partial charge in [0.15, 0.2) is 0 Å². The lowest BCUT2D eigenvalue weighted by molar-refractivity contribution is -0.139. The maximum absolute atomic E-state index is 14.5. The topological polar surface area (TPSA) is 86.8 Å². The van der Waals surface area contributed by atoms with Gasteiger partial charge in [-0.1, -0.05) is 66.2 Å². The number of amides is 2. The van der Waals surface area contributed by atoms with Crippen molar-refractivity contribution in [3.63, 3.8) is 0 Å². The summed E-state index contributed by atoms with van der Waals surface area (Å²) in [6.45, 7) is -0.675. The quantitative estimate of drug-likeness (QED) is 0.433. The fourth-order valence-electron chi connectivity index (χ4n) is 3.76. The molecule has 3 aromatic rings. The fourth-order valence-corrected chi connectivity index (χ4v) is 4.73. The van der Waals surface area contributed by atoms with Crippen LogP contribution >= 0.6 is 11.6 Å². The van der Waals surface area contributed by atoms with E-state index in [1.807, 2.05) is 30.3 Å². The summed E-state index contributed by atoms with van der Waals surface area (Å²) in [7, 11) is -2.56. The number of halogens is 2. The van der Waals surface area contributed by atoms with E-state index in [4.69, 9.17) is 11.6 Å². The van der Waals surface area contributed by atoms with Crippen molar-refractivity contribution in [1.82, 2.24) is 10.2 Å². The third-order valence-electron chi connectivity index (χ3n) is 5.58. The molecule has 0 aliphatic rings. The van der Waals surface area contributed by atoms with Crippen LogP contribution in [0.4, 0.5) is 10.1 Å². The molecule has 1 N–H and O–H groups in total. The van der Waals surface area contributed by atoms with Gasteiger partial charge in [-0.05, 0) is 35.4 Å². The Balaban J connectivity index is 2.03. The smallest absolute Gasteiger partial charge is 0.244 e. The first-order valence-electron chi connectivity index (χ1n) is 11.1. The summed E-state index contributed by atoms with van der Waals surface area (Å²) in [5.74, 6) is -1.87. The summed E-state index contributed by atoms with van der Waals surface area (Å²) in [4.78, 5) is 28.0. The van der Waals surface area contributed by atoms with Gasteiger partial charge >= 0.3 is 0 Å². The maximum Gasteiger partial charge on any atom is 0.244 e. The van der Waals surface area contributed by atoms with E-state index >= 15 is 0 Å². The third-order valence-corrected chi connectivity index (χ3v) is 6.96. The van der Waals surface area contributed by atoms with Crippen molar-refractivity contribution in [1.29, 1.82) is 0 Å². The minimum absolute atomic E-state index is 0.00972. The maximum atomic E-state index is 14.5. The number of likely N-dealkylation sites (N-methyl/N-ethyl adjacent to an activating group) is 1. The number of benzene rings is 3. The summed E-state index contributed by atoms with van der Waals surface area (Å²) in [5, 5.41) is 3.10. The number of para-hydroxylation sites is 1. The Hall–Kier alpha value is -3.43. The molecule has 0 aliphatic heterocycles. The minimum atomic E-state index is -4.03. The SMILES string of the molecule is CNC(=O)C(Cc1ccccc1)N(Cc1ccc(Cl)cc1)C(=O)CN(c1ccccc1F)S(C)(=O)=O. The number of nitrogens with zero attached hydrogens (tertiary/aromatic N) is 2. The number of carbonyl (C=O) groups excluding carboxylic acids is 2. The van der Waals surface area contributed by atoms with Crippen molar-refractivity contribution in [3.05, 3.63) is 101 Å². The summed E-state index contributed by atoms with van der Waals surface area (Å²) >= 11 is 6.00. The summed E-state index contributed by atoms with van der Waals surface area (Å²) in [6, 6.07) is 20.3. The summed E-state index contributed by atoms with van der Waals surface area (Å²) in [5.41, 5.74) is 1.25. The van der Waals surface area contributed by atoms with Gasteiger partial charge in [0, 0.05) is 25.0 Å². The fraction of sp³-hybridized carbons (Fsp3) is 0.231. The van der Waals surface area contributed by atoms with Crippen LogP contribution in [0, 0.1) is 5.82 Å². The normalized spacial score (nSPS) is 12.0. The van der Waals surface area contributed by atoms with Gasteiger partial charge < -0.3 is 10.2 Å². The van der Waals surface area contributed by atoms with Gasteiger partial charge in [-0.3, -0.25) is 13.9 Å². The molecule has 1 atom stereocenters. The summed E-state index contributed by atoms with van der Waals surface area (Å²) in [6.07, 6.45) is 1.09. The molecular formula is C26H27ClFN3O4S. The van der Waals surface area contributed by atoms with E-state index in [0.717, 1.165) is 17.9 Å². The Bertz CT molecular complexity index is 1300. The zero-order valence-corrected chi connectivity index (χ0v) is 21.5. The molecule has 1 unspecified atom stereocenters. The number of nitrogens with one attached hydrogen (secondary N) is 1. The molecule has 0 saturated carbocycles. The van der Waals surface area contributed by atoms with Crippen LogP contribution in [0.2, 0.25) is 5.02 Å². The van der Waals surface area contributed by atoms with E-state index in [1.165, 1.54) is 30.1 Å². The van der Waals surface area contributed by atoms with E-state index in [0.29, 0.717) is 14.9 Å². The van der Waals surface area contributed by atoms with Crippen LogP contribution in [-0.2, 0) is 32.6 Å².